The summed E-state index contributed by atoms with van der Waals surface area (Å²) in [6.45, 7) is 0.645. The molecule has 0 atom stereocenters. The first-order valence-corrected chi connectivity index (χ1v) is 6.36. The number of pyridine rings is 1. The summed E-state index contributed by atoms with van der Waals surface area (Å²) < 4.78 is 1.57. The maximum atomic E-state index is 6.18. The first-order chi connectivity index (χ1) is 9.83. The summed E-state index contributed by atoms with van der Waals surface area (Å²) >= 11 is 6.18. The van der Waals surface area contributed by atoms with E-state index in [0.717, 1.165) is 16.9 Å². The Hall–Kier alpha value is -2.47. The van der Waals surface area contributed by atoms with Gasteiger partial charge in [-0.05, 0) is 40.3 Å². The SMILES string of the molecule is Clc1ccc(-n2cnnn2)cc1NCc1cccnc1. The van der Waals surface area contributed by atoms with Gasteiger partial charge in [0.1, 0.15) is 6.33 Å². The zero-order chi connectivity index (χ0) is 13.8. The van der Waals surface area contributed by atoms with E-state index in [0.29, 0.717) is 11.6 Å². The fraction of sp³-hybridized carbons (Fsp3) is 0.0769. The molecule has 0 aliphatic carbocycles. The molecule has 0 unspecified atom stereocenters. The number of rotatable bonds is 4. The quantitative estimate of drug-likeness (QED) is 0.797. The zero-order valence-electron chi connectivity index (χ0n) is 10.4. The number of nitrogens with zero attached hydrogens (tertiary/aromatic N) is 5. The highest BCUT2D eigenvalue weighted by Crippen LogP contribution is 2.24. The van der Waals surface area contributed by atoms with Gasteiger partial charge in [-0.2, -0.15) is 0 Å². The van der Waals surface area contributed by atoms with Crippen molar-refractivity contribution in [1.82, 2.24) is 25.2 Å². The lowest BCUT2D eigenvalue weighted by Gasteiger charge is -2.10. The maximum Gasteiger partial charge on any atom is 0.143 e. The van der Waals surface area contributed by atoms with Gasteiger partial charge in [-0.15, -0.1) is 5.10 Å². The maximum absolute atomic E-state index is 6.18. The van der Waals surface area contributed by atoms with Crippen molar-refractivity contribution in [1.29, 1.82) is 0 Å². The first kappa shape index (κ1) is 12.6. The van der Waals surface area contributed by atoms with E-state index in [2.05, 4.69) is 25.8 Å². The third kappa shape index (κ3) is 2.75. The van der Waals surface area contributed by atoms with Gasteiger partial charge in [0.25, 0.3) is 0 Å². The highest BCUT2D eigenvalue weighted by Gasteiger charge is 2.04. The van der Waals surface area contributed by atoms with Gasteiger partial charge in [-0.3, -0.25) is 4.98 Å². The molecule has 7 heteroatoms. The van der Waals surface area contributed by atoms with Crippen LogP contribution >= 0.6 is 11.6 Å². The Morgan fingerprint density at radius 3 is 2.95 bits per heavy atom. The molecule has 3 rings (SSSR count). The molecule has 2 aromatic heterocycles. The standard InChI is InChI=1S/C13H11ClN6/c14-12-4-3-11(20-9-17-18-19-20)6-13(12)16-8-10-2-1-5-15-7-10/h1-7,9,16H,8H2. The van der Waals surface area contributed by atoms with Crippen molar-refractivity contribution in [2.24, 2.45) is 0 Å². The van der Waals surface area contributed by atoms with Crippen LogP contribution in [0.4, 0.5) is 5.69 Å². The van der Waals surface area contributed by atoms with Gasteiger partial charge in [0, 0.05) is 18.9 Å². The molecule has 0 spiro atoms. The van der Waals surface area contributed by atoms with Crippen molar-refractivity contribution < 1.29 is 0 Å². The van der Waals surface area contributed by atoms with E-state index in [1.165, 1.54) is 6.33 Å². The second-order valence-electron chi connectivity index (χ2n) is 4.13. The van der Waals surface area contributed by atoms with Crippen molar-refractivity contribution in [2.45, 2.75) is 6.54 Å². The van der Waals surface area contributed by atoms with Crippen LogP contribution in [0.3, 0.4) is 0 Å². The fourth-order valence-corrected chi connectivity index (χ4v) is 1.96. The van der Waals surface area contributed by atoms with Crippen LogP contribution in [0.25, 0.3) is 5.69 Å². The fourth-order valence-electron chi connectivity index (χ4n) is 1.77. The topological polar surface area (TPSA) is 68.5 Å². The molecule has 1 N–H and O–H groups in total. The van der Waals surface area contributed by atoms with E-state index in [1.807, 2.05) is 36.5 Å². The molecular formula is C13H11ClN6. The van der Waals surface area contributed by atoms with Gasteiger partial charge < -0.3 is 5.32 Å². The van der Waals surface area contributed by atoms with Gasteiger partial charge in [0.15, 0.2) is 0 Å². The monoisotopic (exact) mass is 286 g/mol. The molecule has 20 heavy (non-hydrogen) atoms. The summed E-state index contributed by atoms with van der Waals surface area (Å²) in [4.78, 5) is 4.07. The van der Waals surface area contributed by atoms with Crippen LogP contribution in [0, 0.1) is 0 Å². The minimum Gasteiger partial charge on any atom is -0.380 e. The van der Waals surface area contributed by atoms with Gasteiger partial charge in [-0.25, -0.2) is 4.68 Å². The van der Waals surface area contributed by atoms with Gasteiger partial charge in [-0.1, -0.05) is 17.7 Å². The zero-order valence-corrected chi connectivity index (χ0v) is 11.2. The largest absolute Gasteiger partial charge is 0.380 e. The number of nitrogens with one attached hydrogen (secondary N) is 1. The lowest BCUT2D eigenvalue weighted by molar-refractivity contribution is 0.789. The molecule has 3 aromatic rings. The molecule has 0 amide bonds. The summed E-state index contributed by atoms with van der Waals surface area (Å²) in [5.74, 6) is 0. The second-order valence-corrected chi connectivity index (χ2v) is 4.54. The molecule has 0 fully saturated rings. The average molecular weight is 287 g/mol. The summed E-state index contributed by atoms with van der Waals surface area (Å²) in [6.07, 6.45) is 5.09. The molecule has 0 aliphatic rings. The predicted molar refractivity (Wildman–Crippen MR) is 75.7 cm³/mol. The predicted octanol–water partition coefficient (Wildman–Crippen LogP) is 2.32. The smallest absolute Gasteiger partial charge is 0.143 e. The molecule has 0 bridgehead atoms. The lowest BCUT2D eigenvalue weighted by Crippen LogP contribution is -2.02. The van der Waals surface area contributed by atoms with Crippen LogP contribution in [0.15, 0.2) is 49.1 Å². The van der Waals surface area contributed by atoms with Crippen molar-refractivity contribution >= 4 is 17.3 Å². The number of aromatic nitrogens is 5. The Morgan fingerprint density at radius 2 is 2.20 bits per heavy atom. The Bertz CT molecular complexity index is 683. The van der Waals surface area contributed by atoms with E-state index in [-0.39, 0.29) is 0 Å². The Morgan fingerprint density at radius 1 is 1.25 bits per heavy atom. The number of halogens is 1. The molecule has 0 aliphatic heterocycles. The minimum atomic E-state index is 0.644. The molecule has 2 heterocycles. The molecule has 0 saturated carbocycles. The molecular weight excluding hydrogens is 276 g/mol. The van der Waals surface area contributed by atoms with Crippen molar-refractivity contribution in [3.63, 3.8) is 0 Å². The summed E-state index contributed by atoms with van der Waals surface area (Å²) in [6, 6.07) is 9.46. The Balaban J connectivity index is 1.80. The van der Waals surface area contributed by atoms with E-state index in [9.17, 15) is 0 Å². The van der Waals surface area contributed by atoms with Crippen molar-refractivity contribution in [3.8, 4) is 5.69 Å². The minimum absolute atomic E-state index is 0.644. The van der Waals surface area contributed by atoms with Gasteiger partial charge >= 0.3 is 0 Å². The van der Waals surface area contributed by atoms with Crippen LogP contribution in [-0.4, -0.2) is 25.2 Å². The number of anilines is 1. The Labute approximate surface area is 120 Å². The van der Waals surface area contributed by atoms with Crippen LogP contribution < -0.4 is 5.32 Å². The highest BCUT2D eigenvalue weighted by molar-refractivity contribution is 6.33. The summed E-state index contributed by atoms with van der Waals surface area (Å²) in [5.41, 5.74) is 2.74. The van der Waals surface area contributed by atoms with E-state index >= 15 is 0 Å². The first-order valence-electron chi connectivity index (χ1n) is 5.98. The van der Waals surface area contributed by atoms with Crippen LogP contribution in [-0.2, 0) is 6.54 Å². The second kappa shape index (κ2) is 5.66. The number of benzene rings is 1. The third-order valence-electron chi connectivity index (χ3n) is 2.77. The highest BCUT2D eigenvalue weighted by atomic mass is 35.5. The summed E-state index contributed by atoms with van der Waals surface area (Å²) in [7, 11) is 0. The summed E-state index contributed by atoms with van der Waals surface area (Å²) in [5, 5.41) is 15.0. The van der Waals surface area contributed by atoms with E-state index in [1.54, 1.807) is 10.9 Å². The third-order valence-corrected chi connectivity index (χ3v) is 3.10. The Kier molecular flexibility index (Phi) is 3.56. The van der Waals surface area contributed by atoms with Crippen molar-refractivity contribution in [3.05, 3.63) is 59.6 Å². The number of hydrogen-bond acceptors (Lipinski definition) is 5. The van der Waals surface area contributed by atoms with Crippen LogP contribution in [0.2, 0.25) is 5.02 Å². The number of tetrazole rings is 1. The van der Waals surface area contributed by atoms with Crippen LogP contribution in [0.5, 0.6) is 0 Å². The van der Waals surface area contributed by atoms with Gasteiger partial charge in [0.2, 0.25) is 0 Å². The number of hydrogen-bond donors (Lipinski definition) is 1. The molecule has 100 valence electrons. The van der Waals surface area contributed by atoms with Crippen LogP contribution in [0.1, 0.15) is 5.56 Å². The molecule has 0 radical (unpaired) electrons. The van der Waals surface area contributed by atoms with E-state index in [4.69, 9.17) is 11.6 Å². The lowest BCUT2D eigenvalue weighted by atomic mass is 10.2. The molecule has 0 saturated heterocycles. The van der Waals surface area contributed by atoms with E-state index < -0.39 is 0 Å². The molecule has 6 nitrogen and oxygen atoms in total. The normalized spacial score (nSPS) is 10.4. The molecule has 1 aromatic carbocycles. The van der Waals surface area contributed by atoms with Gasteiger partial charge in [0.05, 0.1) is 16.4 Å². The van der Waals surface area contributed by atoms with Crippen molar-refractivity contribution in [2.75, 3.05) is 5.32 Å². The average Bonchev–Trinajstić information content (AvgIpc) is 3.02.